The molecule has 22 heavy (non-hydrogen) atoms. The number of halogens is 1. The van der Waals surface area contributed by atoms with Gasteiger partial charge in [0, 0.05) is 43.3 Å². The van der Waals surface area contributed by atoms with Gasteiger partial charge in [-0.2, -0.15) is 0 Å². The summed E-state index contributed by atoms with van der Waals surface area (Å²) >= 11 is 0. The molecule has 0 atom stereocenters. The molecule has 4 rings (SSSR count). The van der Waals surface area contributed by atoms with Gasteiger partial charge in [0.25, 0.3) is 0 Å². The first-order valence-electron chi connectivity index (χ1n) is 7.78. The van der Waals surface area contributed by atoms with Crippen molar-refractivity contribution in [1.82, 2.24) is 14.5 Å². The Hall–Kier alpha value is -2.17. The molecule has 1 aliphatic heterocycles. The van der Waals surface area contributed by atoms with Crippen LogP contribution in [-0.2, 0) is 7.05 Å². The fourth-order valence-corrected chi connectivity index (χ4v) is 3.40. The van der Waals surface area contributed by atoms with Gasteiger partial charge in [0.15, 0.2) is 0 Å². The summed E-state index contributed by atoms with van der Waals surface area (Å²) in [6, 6.07) is 6.22. The van der Waals surface area contributed by atoms with Gasteiger partial charge in [0.1, 0.15) is 11.5 Å². The molecule has 4 nitrogen and oxygen atoms in total. The van der Waals surface area contributed by atoms with E-state index in [4.69, 9.17) is 4.98 Å². The number of anilines is 1. The summed E-state index contributed by atoms with van der Waals surface area (Å²) in [6.07, 6.45) is 5.53. The number of aryl methyl sites for hydroxylation is 1. The van der Waals surface area contributed by atoms with Gasteiger partial charge < -0.3 is 9.47 Å². The molecule has 0 N–H and O–H groups in total. The van der Waals surface area contributed by atoms with E-state index in [0.717, 1.165) is 53.7 Å². The van der Waals surface area contributed by atoms with Crippen LogP contribution in [0.15, 0.2) is 30.6 Å². The maximum atomic E-state index is 12.7. The van der Waals surface area contributed by atoms with Crippen molar-refractivity contribution in [2.45, 2.75) is 12.8 Å². The topological polar surface area (TPSA) is 34.0 Å². The molecule has 4 heterocycles. The monoisotopic (exact) mass is 298 g/mol. The smallest absolute Gasteiger partial charge is 0.143 e. The number of aromatic nitrogens is 3. The fourth-order valence-electron chi connectivity index (χ4n) is 3.40. The highest BCUT2D eigenvalue weighted by Gasteiger charge is 2.20. The summed E-state index contributed by atoms with van der Waals surface area (Å²) in [5.41, 5.74) is 2.12. The first kappa shape index (κ1) is 13.5. The number of hydrogen-bond donors (Lipinski definition) is 0. The number of hydrogen-bond acceptors (Lipinski definition) is 3. The highest BCUT2D eigenvalue weighted by atomic mass is 19.1. The van der Waals surface area contributed by atoms with Crippen molar-refractivity contribution in [2.24, 2.45) is 13.0 Å². The largest absolute Gasteiger partial charge is 0.357 e. The van der Waals surface area contributed by atoms with Gasteiger partial charge in [-0.15, -0.1) is 0 Å². The summed E-state index contributed by atoms with van der Waals surface area (Å²) in [5, 5.41) is 2.27. The van der Waals surface area contributed by atoms with Gasteiger partial charge in [-0.05, 0) is 37.0 Å². The maximum Gasteiger partial charge on any atom is 0.143 e. The summed E-state index contributed by atoms with van der Waals surface area (Å²) in [7, 11) is 2.04. The Morgan fingerprint density at radius 1 is 1.18 bits per heavy atom. The van der Waals surface area contributed by atoms with E-state index in [1.54, 1.807) is 0 Å². The Labute approximate surface area is 128 Å². The molecule has 1 saturated heterocycles. The zero-order valence-corrected chi connectivity index (χ0v) is 12.7. The SMILES string of the molecule is Cn1c2ccncc2c2ccc(N3CCC(CF)CC3)nc21. The second kappa shape index (κ2) is 5.23. The molecule has 0 unspecified atom stereocenters. The second-order valence-electron chi connectivity index (χ2n) is 6.08. The van der Waals surface area contributed by atoms with Gasteiger partial charge in [0.05, 0.1) is 12.2 Å². The molecule has 0 saturated carbocycles. The predicted octanol–water partition coefficient (Wildman–Crippen LogP) is 3.31. The highest BCUT2D eigenvalue weighted by Crippen LogP contribution is 2.29. The molecule has 0 spiro atoms. The van der Waals surface area contributed by atoms with Crippen molar-refractivity contribution >= 4 is 27.8 Å². The van der Waals surface area contributed by atoms with Crippen LogP contribution in [0.3, 0.4) is 0 Å². The lowest BCUT2D eigenvalue weighted by Gasteiger charge is -2.31. The van der Waals surface area contributed by atoms with Crippen LogP contribution in [0, 0.1) is 5.92 Å². The molecule has 0 bridgehead atoms. The number of alkyl halides is 1. The first-order valence-corrected chi connectivity index (χ1v) is 7.78. The molecule has 3 aromatic heterocycles. The molecular weight excluding hydrogens is 279 g/mol. The third-order valence-corrected chi connectivity index (χ3v) is 4.78. The highest BCUT2D eigenvalue weighted by molar-refractivity contribution is 6.06. The van der Waals surface area contributed by atoms with Crippen molar-refractivity contribution in [3.05, 3.63) is 30.6 Å². The number of pyridine rings is 2. The molecule has 3 aromatic rings. The van der Waals surface area contributed by atoms with Gasteiger partial charge in [0.2, 0.25) is 0 Å². The van der Waals surface area contributed by atoms with Gasteiger partial charge >= 0.3 is 0 Å². The quantitative estimate of drug-likeness (QED) is 0.728. The Morgan fingerprint density at radius 3 is 2.77 bits per heavy atom. The van der Waals surface area contributed by atoms with Crippen LogP contribution >= 0.6 is 0 Å². The van der Waals surface area contributed by atoms with Crippen LogP contribution in [0.25, 0.3) is 21.9 Å². The minimum Gasteiger partial charge on any atom is -0.357 e. The fraction of sp³-hybridized carbons (Fsp3) is 0.412. The van der Waals surface area contributed by atoms with Gasteiger partial charge in [-0.25, -0.2) is 4.98 Å². The Kier molecular flexibility index (Phi) is 3.21. The molecular formula is C17H19FN4. The normalized spacial score (nSPS) is 16.7. The van der Waals surface area contributed by atoms with Crippen molar-refractivity contribution in [3.8, 4) is 0 Å². The molecule has 0 radical (unpaired) electrons. The van der Waals surface area contributed by atoms with Crippen LogP contribution in [0.4, 0.5) is 10.2 Å². The van der Waals surface area contributed by atoms with E-state index in [9.17, 15) is 4.39 Å². The van der Waals surface area contributed by atoms with Crippen LogP contribution < -0.4 is 4.90 Å². The molecule has 0 aliphatic carbocycles. The lowest BCUT2D eigenvalue weighted by atomic mass is 9.98. The van der Waals surface area contributed by atoms with E-state index in [0.29, 0.717) is 0 Å². The lowest BCUT2D eigenvalue weighted by Crippen LogP contribution is -2.34. The number of rotatable bonds is 2. The minimum absolute atomic E-state index is 0.198. The average Bonchev–Trinajstić information content (AvgIpc) is 2.88. The predicted molar refractivity (Wildman–Crippen MR) is 86.9 cm³/mol. The van der Waals surface area contributed by atoms with E-state index in [1.165, 1.54) is 0 Å². The Balaban J connectivity index is 1.75. The third-order valence-electron chi connectivity index (χ3n) is 4.78. The molecule has 0 amide bonds. The standard InChI is InChI=1S/C17H19FN4/c1-21-15-4-7-19-11-14(15)13-2-3-16(20-17(13)21)22-8-5-12(10-18)6-9-22/h2-4,7,11-12H,5-6,8-10H2,1H3. The summed E-state index contributed by atoms with van der Waals surface area (Å²) in [6.45, 7) is 1.58. The maximum absolute atomic E-state index is 12.7. The van der Waals surface area contributed by atoms with E-state index >= 15 is 0 Å². The van der Waals surface area contributed by atoms with Gasteiger partial charge in [-0.1, -0.05) is 0 Å². The molecule has 1 aliphatic rings. The summed E-state index contributed by atoms with van der Waals surface area (Å²) in [5.74, 6) is 1.22. The van der Waals surface area contributed by atoms with E-state index < -0.39 is 0 Å². The van der Waals surface area contributed by atoms with Crippen LogP contribution in [0.1, 0.15) is 12.8 Å². The lowest BCUT2D eigenvalue weighted by molar-refractivity contribution is 0.307. The number of fused-ring (bicyclic) bond motifs is 3. The zero-order chi connectivity index (χ0) is 15.1. The summed E-state index contributed by atoms with van der Waals surface area (Å²) < 4.78 is 14.9. The molecule has 1 fully saturated rings. The zero-order valence-electron chi connectivity index (χ0n) is 12.7. The first-order chi connectivity index (χ1) is 10.8. The molecule has 0 aromatic carbocycles. The van der Waals surface area contributed by atoms with Crippen molar-refractivity contribution < 1.29 is 4.39 Å². The Bertz CT molecular complexity index is 818. The summed E-state index contributed by atoms with van der Waals surface area (Å²) in [4.78, 5) is 11.3. The third kappa shape index (κ3) is 2.03. The molecule has 114 valence electrons. The minimum atomic E-state index is -0.198. The molecule has 5 heteroatoms. The average molecular weight is 298 g/mol. The van der Waals surface area contributed by atoms with Gasteiger partial charge in [-0.3, -0.25) is 9.37 Å². The van der Waals surface area contributed by atoms with Crippen molar-refractivity contribution in [2.75, 3.05) is 24.7 Å². The van der Waals surface area contributed by atoms with Crippen LogP contribution in [0.5, 0.6) is 0 Å². The number of piperidine rings is 1. The van der Waals surface area contributed by atoms with Crippen LogP contribution in [0.2, 0.25) is 0 Å². The van der Waals surface area contributed by atoms with E-state index in [1.807, 2.05) is 25.5 Å². The van der Waals surface area contributed by atoms with Crippen LogP contribution in [-0.4, -0.2) is 34.3 Å². The van der Waals surface area contributed by atoms with E-state index in [-0.39, 0.29) is 12.6 Å². The number of nitrogens with zero attached hydrogens (tertiary/aromatic N) is 4. The van der Waals surface area contributed by atoms with E-state index in [2.05, 4.69) is 26.6 Å². The van der Waals surface area contributed by atoms with Crippen molar-refractivity contribution in [3.63, 3.8) is 0 Å². The second-order valence-corrected chi connectivity index (χ2v) is 6.08. The Morgan fingerprint density at radius 2 is 2.00 bits per heavy atom. The van der Waals surface area contributed by atoms with Crippen molar-refractivity contribution in [1.29, 1.82) is 0 Å².